The molecule has 1 saturated heterocycles. The number of pyridine rings is 1. The second-order valence-electron chi connectivity index (χ2n) is 5.31. The fraction of sp³-hybridized carbons (Fsp3) is 0.375. The van der Waals surface area contributed by atoms with Gasteiger partial charge in [0.05, 0.1) is 24.5 Å². The first-order chi connectivity index (χ1) is 11.6. The SMILES string of the molecule is CCOC(=O)c1sc(N2CCN(Cc3ccccn3)C2=O)nc1C. The highest BCUT2D eigenvalue weighted by atomic mass is 32.1. The predicted octanol–water partition coefficient (Wildman–Crippen LogP) is 2.47. The first kappa shape index (κ1) is 16.4. The molecule has 0 N–H and O–H groups in total. The number of carbonyl (C=O) groups excluding carboxylic acids is 2. The Morgan fingerprint density at radius 2 is 2.21 bits per heavy atom. The summed E-state index contributed by atoms with van der Waals surface area (Å²) in [5, 5.41) is 0.532. The van der Waals surface area contributed by atoms with E-state index in [1.54, 1.807) is 29.8 Å². The third-order valence-corrected chi connectivity index (χ3v) is 4.81. The van der Waals surface area contributed by atoms with Crippen molar-refractivity contribution in [1.29, 1.82) is 0 Å². The normalized spacial score (nSPS) is 14.3. The van der Waals surface area contributed by atoms with E-state index >= 15 is 0 Å². The molecule has 0 spiro atoms. The Bertz CT molecular complexity index is 747. The monoisotopic (exact) mass is 346 g/mol. The molecule has 0 radical (unpaired) electrons. The number of rotatable bonds is 5. The Morgan fingerprint density at radius 3 is 2.92 bits per heavy atom. The van der Waals surface area contributed by atoms with Crippen molar-refractivity contribution in [3.05, 3.63) is 40.7 Å². The van der Waals surface area contributed by atoms with E-state index < -0.39 is 5.97 Å². The van der Waals surface area contributed by atoms with E-state index in [1.807, 2.05) is 18.2 Å². The summed E-state index contributed by atoms with van der Waals surface area (Å²) in [5.41, 5.74) is 1.43. The minimum absolute atomic E-state index is 0.121. The first-order valence-corrected chi connectivity index (χ1v) is 8.52. The largest absolute Gasteiger partial charge is 0.462 e. The van der Waals surface area contributed by atoms with Gasteiger partial charge in [-0.3, -0.25) is 9.88 Å². The van der Waals surface area contributed by atoms with Crippen molar-refractivity contribution in [2.24, 2.45) is 0 Å². The number of carbonyl (C=O) groups is 2. The number of nitrogens with zero attached hydrogens (tertiary/aromatic N) is 4. The van der Waals surface area contributed by atoms with Crippen molar-refractivity contribution in [3.63, 3.8) is 0 Å². The highest BCUT2D eigenvalue weighted by Crippen LogP contribution is 2.29. The van der Waals surface area contributed by atoms with Crippen LogP contribution in [0.1, 0.15) is 28.0 Å². The maximum Gasteiger partial charge on any atom is 0.350 e. The highest BCUT2D eigenvalue weighted by molar-refractivity contribution is 7.17. The van der Waals surface area contributed by atoms with Crippen molar-refractivity contribution in [3.8, 4) is 0 Å². The molecule has 8 heteroatoms. The van der Waals surface area contributed by atoms with Crippen molar-refractivity contribution >= 4 is 28.5 Å². The van der Waals surface area contributed by atoms with Gasteiger partial charge in [0.2, 0.25) is 0 Å². The Hall–Kier alpha value is -2.48. The summed E-state index contributed by atoms with van der Waals surface area (Å²) < 4.78 is 5.02. The van der Waals surface area contributed by atoms with E-state index in [0.717, 1.165) is 5.69 Å². The molecule has 0 unspecified atom stereocenters. The minimum Gasteiger partial charge on any atom is -0.462 e. The predicted molar refractivity (Wildman–Crippen MR) is 90.2 cm³/mol. The molecule has 3 heterocycles. The zero-order chi connectivity index (χ0) is 17.1. The third kappa shape index (κ3) is 3.23. The van der Waals surface area contributed by atoms with Gasteiger partial charge in [-0.25, -0.2) is 14.6 Å². The maximum absolute atomic E-state index is 12.6. The zero-order valence-electron chi connectivity index (χ0n) is 13.6. The molecule has 0 aliphatic carbocycles. The van der Waals surface area contributed by atoms with Crippen LogP contribution < -0.4 is 4.90 Å². The molecule has 2 aromatic heterocycles. The van der Waals surface area contributed by atoms with Gasteiger partial charge < -0.3 is 9.64 Å². The Kier molecular flexibility index (Phi) is 4.75. The molecule has 3 rings (SSSR count). The molecule has 0 aromatic carbocycles. The molecule has 0 bridgehead atoms. The van der Waals surface area contributed by atoms with Gasteiger partial charge in [-0.1, -0.05) is 17.4 Å². The molecule has 2 aromatic rings. The van der Waals surface area contributed by atoms with Crippen LogP contribution in [-0.4, -0.2) is 46.6 Å². The molecular weight excluding hydrogens is 328 g/mol. The summed E-state index contributed by atoms with van der Waals surface area (Å²) in [6.07, 6.45) is 1.71. The molecule has 2 amide bonds. The molecule has 0 atom stereocenters. The smallest absolute Gasteiger partial charge is 0.350 e. The molecule has 24 heavy (non-hydrogen) atoms. The molecular formula is C16H18N4O3S. The molecule has 7 nitrogen and oxygen atoms in total. The van der Waals surface area contributed by atoms with Gasteiger partial charge in [-0.2, -0.15) is 0 Å². The maximum atomic E-state index is 12.6. The van der Waals surface area contributed by atoms with E-state index in [-0.39, 0.29) is 6.03 Å². The van der Waals surface area contributed by atoms with Crippen LogP contribution in [0, 0.1) is 6.92 Å². The number of hydrogen-bond acceptors (Lipinski definition) is 6. The quantitative estimate of drug-likeness (QED) is 0.778. The average Bonchev–Trinajstić information content (AvgIpc) is 3.12. The molecule has 0 saturated carbocycles. The van der Waals surface area contributed by atoms with Gasteiger partial charge in [0, 0.05) is 19.3 Å². The van der Waals surface area contributed by atoms with E-state index in [0.29, 0.717) is 41.9 Å². The number of urea groups is 1. The van der Waals surface area contributed by atoms with Gasteiger partial charge >= 0.3 is 12.0 Å². The van der Waals surface area contributed by atoms with Crippen LogP contribution >= 0.6 is 11.3 Å². The first-order valence-electron chi connectivity index (χ1n) is 7.71. The second kappa shape index (κ2) is 6.96. The van der Waals surface area contributed by atoms with Crippen molar-refractivity contribution in [1.82, 2.24) is 14.9 Å². The van der Waals surface area contributed by atoms with Gasteiger partial charge in [0.25, 0.3) is 0 Å². The standard InChI is InChI=1S/C16H18N4O3S/c1-3-23-14(21)13-11(2)18-15(24-13)20-9-8-19(16(20)22)10-12-6-4-5-7-17-12/h4-7H,3,8-10H2,1-2H3. The van der Waals surface area contributed by atoms with Crippen LogP contribution in [0.25, 0.3) is 0 Å². The van der Waals surface area contributed by atoms with Gasteiger partial charge in [-0.05, 0) is 26.0 Å². The summed E-state index contributed by atoms with van der Waals surface area (Å²) in [6.45, 7) is 5.42. The van der Waals surface area contributed by atoms with Gasteiger partial charge in [0.15, 0.2) is 5.13 Å². The van der Waals surface area contributed by atoms with Crippen molar-refractivity contribution < 1.29 is 14.3 Å². The summed E-state index contributed by atoms with van der Waals surface area (Å²) in [5.74, 6) is -0.393. The topological polar surface area (TPSA) is 75.6 Å². The number of aromatic nitrogens is 2. The number of amides is 2. The van der Waals surface area contributed by atoms with E-state index in [9.17, 15) is 9.59 Å². The second-order valence-corrected chi connectivity index (χ2v) is 6.29. The molecule has 1 aliphatic rings. The molecule has 1 fully saturated rings. The van der Waals surface area contributed by atoms with Crippen LogP contribution in [0.2, 0.25) is 0 Å². The van der Waals surface area contributed by atoms with E-state index in [4.69, 9.17) is 4.74 Å². The zero-order valence-corrected chi connectivity index (χ0v) is 14.4. The van der Waals surface area contributed by atoms with Crippen LogP contribution in [0.3, 0.4) is 0 Å². The molecule has 1 aliphatic heterocycles. The van der Waals surface area contributed by atoms with Crippen LogP contribution in [0.15, 0.2) is 24.4 Å². The average molecular weight is 346 g/mol. The summed E-state index contributed by atoms with van der Waals surface area (Å²) in [7, 11) is 0. The fourth-order valence-electron chi connectivity index (χ4n) is 2.48. The molecule has 126 valence electrons. The van der Waals surface area contributed by atoms with E-state index in [2.05, 4.69) is 9.97 Å². The Balaban J connectivity index is 1.73. The van der Waals surface area contributed by atoms with Crippen LogP contribution in [-0.2, 0) is 11.3 Å². The Labute approximate surface area is 143 Å². The lowest BCUT2D eigenvalue weighted by atomic mass is 10.3. The number of aryl methyl sites for hydroxylation is 1. The summed E-state index contributed by atoms with van der Waals surface area (Å²) in [6, 6.07) is 5.51. The lowest BCUT2D eigenvalue weighted by Crippen LogP contribution is -2.31. The number of anilines is 1. The highest BCUT2D eigenvalue weighted by Gasteiger charge is 2.32. The van der Waals surface area contributed by atoms with Gasteiger partial charge in [0.1, 0.15) is 4.88 Å². The van der Waals surface area contributed by atoms with Crippen molar-refractivity contribution in [2.75, 3.05) is 24.6 Å². The van der Waals surface area contributed by atoms with Crippen LogP contribution in [0.5, 0.6) is 0 Å². The third-order valence-electron chi connectivity index (χ3n) is 3.65. The summed E-state index contributed by atoms with van der Waals surface area (Å²) in [4.78, 5) is 36.9. The minimum atomic E-state index is -0.393. The fourth-order valence-corrected chi connectivity index (χ4v) is 3.46. The number of thiazole rings is 1. The van der Waals surface area contributed by atoms with Gasteiger partial charge in [-0.15, -0.1) is 0 Å². The van der Waals surface area contributed by atoms with Crippen molar-refractivity contribution in [2.45, 2.75) is 20.4 Å². The number of hydrogen-bond donors (Lipinski definition) is 0. The van der Waals surface area contributed by atoms with E-state index in [1.165, 1.54) is 11.3 Å². The Morgan fingerprint density at radius 1 is 1.38 bits per heavy atom. The lowest BCUT2D eigenvalue weighted by molar-refractivity contribution is 0.0531. The summed E-state index contributed by atoms with van der Waals surface area (Å²) >= 11 is 1.19. The van der Waals surface area contributed by atoms with Crippen LogP contribution in [0.4, 0.5) is 9.93 Å². The number of esters is 1. The number of ether oxygens (including phenoxy) is 1. The lowest BCUT2D eigenvalue weighted by Gasteiger charge is -2.16.